The molecule has 0 radical (unpaired) electrons. The first-order chi connectivity index (χ1) is 13.5. The molecule has 0 saturated carbocycles. The van der Waals surface area contributed by atoms with Gasteiger partial charge in [-0.15, -0.1) is 10.2 Å². The van der Waals surface area contributed by atoms with Crippen LogP contribution in [0, 0.1) is 17.0 Å². The number of nitro benzene ring substituents is 1. The molecule has 28 heavy (non-hydrogen) atoms. The van der Waals surface area contributed by atoms with E-state index >= 15 is 0 Å². The average Bonchev–Trinajstić information content (AvgIpc) is 3.11. The molecular formula is C19H18N4O4S. The average molecular weight is 398 g/mol. The van der Waals surface area contributed by atoms with Crippen LogP contribution in [0.2, 0.25) is 0 Å². The summed E-state index contributed by atoms with van der Waals surface area (Å²) in [4.78, 5) is 22.2. The highest BCUT2D eigenvalue weighted by Crippen LogP contribution is 2.29. The van der Waals surface area contributed by atoms with Crippen LogP contribution < -0.4 is 0 Å². The molecule has 0 atom stereocenters. The number of carbonyl (C=O) groups is 1. The third kappa shape index (κ3) is 4.37. The minimum atomic E-state index is -0.449. The first-order valence-electron chi connectivity index (χ1n) is 8.55. The number of nitro groups is 1. The van der Waals surface area contributed by atoms with Gasteiger partial charge in [0, 0.05) is 23.4 Å². The second kappa shape index (κ2) is 8.66. The number of rotatable bonds is 7. The highest BCUT2D eigenvalue weighted by molar-refractivity contribution is 7.99. The van der Waals surface area contributed by atoms with Crippen LogP contribution in [0.5, 0.6) is 0 Å². The zero-order valence-corrected chi connectivity index (χ0v) is 16.2. The van der Waals surface area contributed by atoms with Crippen molar-refractivity contribution in [2.24, 2.45) is 0 Å². The molecule has 0 saturated heterocycles. The van der Waals surface area contributed by atoms with E-state index in [0.29, 0.717) is 23.2 Å². The Hall–Kier alpha value is -3.20. The number of hydrogen-bond donors (Lipinski definition) is 0. The summed E-state index contributed by atoms with van der Waals surface area (Å²) in [6.45, 7) is 4.06. The standard InChI is InChI=1S/C19H18N4O4S/c1-3-27-17(24)12-28-19-21-20-18(14-6-10-16(11-7-14)23(25)26)22(19)15-8-4-13(2)5-9-15/h4-11H,3,12H2,1-2H3. The maximum atomic E-state index is 11.7. The fraction of sp³-hybridized carbons (Fsp3) is 0.211. The van der Waals surface area contributed by atoms with E-state index in [1.54, 1.807) is 19.1 Å². The van der Waals surface area contributed by atoms with Crippen LogP contribution in [0.15, 0.2) is 53.7 Å². The van der Waals surface area contributed by atoms with Gasteiger partial charge >= 0.3 is 5.97 Å². The Balaban J connectivity index is 2.00. The summed E-state index contributed by atoms with van der Waals surface area (Å²) in [5.74, 6) is 0.311. The van der Waals surface area contributed by atoms with Gasteiger partial charge in [0.1, 0.15) is 0 Å². The summed E-state index contributed by atoms with van der Waals surface area (Å²) in [5, 5.41) is 19.9. The fourth-order valence-electron chi connectivity index (χ4n) is 2.54. The Bertz CT molecular complexity index is 984. The van der Waals surface area contributed by atoms with Crippen LogP contribution >= 0.6 is 11.8 Å². The van der Waals surface area contributed by atoms with Crippen LogP contribution in [0.3, 0.4) is 0 Å². The van der Waals surface area contributed by atoms with Crippen molar-refractivity contribution in [3.05, 3.63) is 64.2 Å². The van der Waals surface area contributed by atoms with Gasteiger partial charge in [-0.2, -0.15) is 0 Å². The molecular weight excluding hydrogens is 380 g/mol. The summed E-state index contributed by atoms with van der Waals surface area (Å²) in [6.07, 6.45) is 0. The predicted octanol–water partition coefficient (Wildman–Crippen LogP) is 3.81. The summed E-state index contributed by atoms with van der Waals surface area (Å²) in [7, 11) is 0. The number of thioether (sulfide) groups is 1. The Morgan fingerprint density at radius 3 is 2.43 bits per heavy atom. The van der Waals surface area contributed by atoms with Gasteiger partial charge < -0.3 is 4.74 Å². The summed E-state index contributed by atoms with van der Waals surface area (Å²) >= 11 is 1.22. The van der Waals surface area contributed by atoms with Gasteiger partial charge in [0.15, 0.2) is 11.0 Å². The maximum Gasteiger partial charge on any atom is 0.316 e. The van der Waals surface area contributed by atoms with Gasteiger partial charge in [-0.1, -0.05) is 29.5 Å². The van der Waals surface area contributed by atoms with Crippen molar-refractivity contribution < 1.29 is 14.5 Å². The van der Waals surface area contributed by atoms with Crippen molar-refractivity contribution in [1.29, 1.82) is 0 Å². The zero-order chi connectivity index (χ0) is 20.1. The summed E-state index contributed by atoms with van der Waals surface area (Å²) in [5.41, 5.74) is 2.62. The molecule has 0 aliphatic carbocycles. The third-order valence-corrected chi connectivity index (χ3v) is 4.79. The van der Waals surface area contributed by atoms with E-state index in [1.165, 1.54) is 23.9 Å². The molecule has 0 N–H and O–H groups in total. The Morgan fingerprint density at radius 1 is 1.14 bits per heavy atom. The summed E-state index contributed by atoms with van der Waals surface area (Å²) in [6, 6.07) is 13.9. The summed E-state index contributed by atoms with van der Waals surface area (Å²) < 4.78 is 6.79. The second-order valence-corrected chi connectivity index (χ2v) is 6.82. The number of hydrogen-bond acceptors (Lipinski definition) is 7. The number of esters is 1. The molecule has 9 heteroatoms. The van der Waals surface area contributed by atoms with Gasteiger partial charge in [-0.05, 0) is 38.1 Å². The quantitative estimate of drug-likeness (QED) is 0.258. The van der Waals surface area contributed by atoms with E-state index in [-0.39, 0.29) is 17.4 Å². The van der Waals surface area contributed by atoms with Gasteiger partial charge in [0.05, 0.1) is 17.3 Å². The van der Waals surface area contributed by atoms with Crippen LogP contribution in [0.4, 0.5) is 5.69 Å². The monoisotopic (exact) mass is 398 g/mol. The lowest BCUT2D eigenvalue weighted by Gasteiger charge is -2.10. The normalized spacial score (nSPS) is 10.6. The molecule has 0 aliphatic rings. The lowest BCUT2D eigenvalue weighted by atomic mass is 10.2. The van der Waals surface area contributed by atoms with Crippen molar-refractivity contribution in [3.8, 4) is 17.1 Å². The van der Waals surface area contributed by atoms with E-state index in [0.717, 1.165) is 11.3 Å². The number of nitrogens with zero attached hydrogens (tertiary/aromatic N) is 4. The lowest BCUT2D eigenvalue weighted by Crippen LogP contribution is -2.08. The van der Waals surface area contributed by atoms with E-state index in [1.807, 2.05) is 35.8 Å². The van der Waals surface area contributed by atoms with Gasteiger partial charge in [-0.25, -0.2) is 0 Å². The minimum absolute atomic E-state index is 0.00191. The van der Waals surface area contributed by atoms with Crippen LogP contribution in [0.1, 0.15) is 12.5 Å². The van der Waals surface area contributed by atoms with Gasteiger partial charge in [-0.3, -0.25) is 19.5 Å². The number of non-ortho nitro benzene ring substituents is 1. The van der Waals surface area contributed by atoms with Crippen molar-refractivity contribution in [2.45, 2.75) is 19.0 Å². The Morgan fingerprint density at radius 2 is 1.82 bits per heavy atom. The molecule has 8 nitrogen and oxygen atoms in total. The molecule has 0 aliphatic heterocycles. The van der Waals surface area contributed by atoms with Crippen LogP contribution in [-0.2, 0) is 9.53 Å². The first kappa shape index (κ1) is 19.6. The van der Waals surface area contributed by atoms with Crippen molar-refractivity contribution >= 4 is 23.4 Å². The SMILES string of the molecule is CCOC(=O)CSc1nnc(-c2ccc([N+](=O)[O-])cc2)n1-c1ccc(C)cc1. The third-order valence-electron chi connectivity index (χ3n) is 3.89. The lowest BCUT2D eigenvalue weighted by molar-refractivity contribution is -0.384. The van der Waals surface area contributed by atoms with E-state index in [4.69, 9.17) is 4.74 Å². The van der Waals surface area contributed by atoms with Crippen molar-refractivity contribution in [2.75, 3.05) is 12.4 Å². The molecule has 3 aromatic rings. The smallest absolute Gasteiger partial charge is 0.316 e. The number of aromatic nitrogens is 3. The molecule has 1 aromatic heterocycles. The fourth-order valence-corrected chi connectivity index (χ4v) is 3.29. The molecule has 0 unspecified atom stereocenters. The molecule has 3 rings (SSSR count). The topological polar surface area (TPSA) is 100 Å². The molecule has 2 aromatic carbocycles. The molecule has 0 bridgehead atoms. The maximum absolute atomic E-state index is 11.7. The Labute approximate surface area is 165 Å². The van der Waals surface area contributed by atoms with Crippen LogP contribution in [0.25, 0.3) is 17.1 Å². The number of benzene rings is 2. The minimum Gasteiger partial charge on any atom is -0.465 e. The molecule has 144 valence electrons. The van der Waals surface area contributed by atoms with Crippen molar-refractivity contribution in [1.82, 2.24) is 14.8 Å². The second-order valence-electron chi connectivity index (χ2n) is 5.87. The van der Waals surface area contributed by atoms with Gasteiger partial charge in [0.2, 0.25) is 0 Å². The van der Waals surface area contributed by atoms with E-state index in [2.05, 4.69) is 10.2 Å². The molecule has 0 amide bonds. The van der Waals surface area contributed by atoms with Gasteiger partial charge in [0.25, 0.3) is 5.69 Å². The number of aryl methyl sites for hydroxylation is 1. The Kier molecular flexibility index (Phi) is 6.05. The predicted molar refractivity (Wildman–Crippen MR) is 106 cm³/mol. The van der Waals surface area contributed by atoms with E-state index < -0.39 is 4.92 Å². The molecule has 0 fully saturated rings. The first-order valence-corrected chi connectivity index (χ1v) is 9.54. The highest BCUT2D eigenvalue weighted by atomic mass is 32.2. The van der Waals surface area contributed by atoms with Crippen LogP contribution in [-0.4, -0.2) is 38.0 Å². The van der Waals surface area contributed by atoms with Crippen molar-refractivity contribution in [3.63, 3.8) is 0 Å². The largest absolute Gasteiger partial charge is 0.465 e. The number of carbonyl (C=O) groups excluding carboxylic acids is 1. The molecule has 1 heterocycles. The zero-order valence-electron chi connectivity index (χ0n) is 15.4. The number of ether oxygens (including phenoxy) is 1. The molecule has 0 spiro atoms. The van der Waals surface area contributed by atoms with E-state index in [9.17, 15) is 14.9 Å². The highest BCUT2D eigenvalue weighted by Gasteiger charge is 2.18.